The molecule has 4 nitrogen and oxygen atoms in total. The lowest BCUT2D eigenvalue weighted by atomic mass is 10.2. The Morgan fingerprint density at radius 3 is 2.62 bits per heavy atom. The molecular formula is C15H20FNO3S. The topological polar surface area (TPSA) is 57.6 Å². The molecule has 0 aromatic heterocycles. The van der Waals surface area contributed by atoms with Gasteiger partial charge in [0.1, 0.15) is 5.82 Å². The quantitative estimate of drug-likeness (QED) is 0.750. The first-order chi connectivity index (χ1) is 9.95. The Balaban J connectivity index is 2.48. The molecule has 1 atom stereocenters. The van der Waals surface area contributed by atoms with E-state index in [2.05, 4.69) is 0 Å². The van der Waals surface area contributed by atoms with Crippen LogP contribution in [0.4, 0.5) is 4.39 Å². The van der Waals surface area contributed by atoms with Gasteiger partial charge in [0, 0.05) is 29.7 Å². The zero-order chi connectivity index (χ0) is 15.8. The second-order valence-electron chi connectivity index (χ2n) is 4.66. The number of hydrogen-bond acceptors (Lipinski definition) is 3. The van der Waals surface area contributed by atoms with Crippen molar-refractivity contribution in [1.82, 2.24) is 4.90 Å². The van der Waals surface area contributed by atoms with Crippen molar-refractivity contribution in [1.29, 1.82) is 0 Å². The van der Waals surface area contributed by atoms with E-state index in [4.69, 9.17) is 5.11 Å². The van der Waals surface area contributed by atoms with Crippen molar-refractivity contribution in [2.24, 2.45) is 0 Å². The van der Waals surface area contributed by atoms with Crippen LogP contribution < -0.4 is 0 Å². The van der Waals surface area contributed by atoms with Gasteiger partial charge in [0.05, 0.1) is 6.42 Å². The molecule has 21 heavy (non-hydrogen) atoms. The summed E-state index contributed by atoms with van der Waals surface area (Å²) in [5.41, 5.74) is 0. The summed E-state index contributed by atoms with van der Waals surface area (Å²) in [6.07, 6.45) is 0.191. The highest BCUT2D eigenvalue weighted by Gasteiger charge is 2.20. The molecule has 1 unspecified atom stereocenters. The van der Waals surface area contributed by atoms with Crippen LogP contribution in [0.2, 0.25) is 0 Å². The van der Waals surface area contributed by atoms with Crippen LogP contribution in [0.25, 0.3) is 0 Å². The Morgan fingerprint density at radius 2 is 2.05 bits per heavy atom. The predicted octanol–water partition coefficient (Wildman–Crippen LogP) is 3.02. The molecule has 1 N–H and O–H groups in total. The summed E-state index contributed by atoms with van der Waals surface area (Å²) in [6.45, 7) is 4.01. The summed E-state index contributed by atoms with van der Waals surface area (Å²) in [6, 6.07) is 6.10. The molecule has 0 fully saturated rings. The third kappa shape index (κ3) is 5.75. The monoisotopic (exact) mass is 313 g/mol. The molecule has 0 aliphatic heterocycles. The number of aliphatic carboxylic acids is 1. The SMILES string of the molecule is CCN(C(=O)CCSc1ccccc1F)C(C)CC(=O)O. The maximum atomic E-state index is 13.4. The number of halogens is 1. The minimum atomic E-state index is -0.922. The van der Waals surface area contributed by atoms with E-state index >= 15 is 0 Å². The first-order valence-electron chi connectivity index (χ1n) is 6.84. The van der Waals surface area contributed by atoms with Gasteiger partial charge in [-0.2, -0.15) is 0 Å². The molecule has 0 saturated carbocycles. The largest absolute Gasteiger partial charge is 0.481 e. The molecule has 0 aliphatic rings. The first kappa shape index (κ1) is 17.5. The number of carbonyl (C=O) groups excluding carboxylic acids is 1. The Hall–Kier alpha value is -1.56. The van der Waals surface area contributed by atoms with E-state index in [0.29, 0.717) is 17.2 Å². The number of thioether (sulfide) groups is 1. The molecule has 0 heterocycles. The van der Waals surface area contributed by atoms with E-state index in [0.717, 1.165) is 0 Å². The minimum absolute atomic E-state index is 0.0694. The third-order valence-corrected chi connectivity index (χ3v) is 4.12. The lowest BCUT2D eigenvalue weighted by Gasteiger charge is -2.27. The van der Waals surface area contributed by atoms with Crippen LogP contribution in [-0.4, -0.2) is 40.2 Å². The van der Waals surface area contributed by atoms with Crippen LogP contribution in [0.3, 0.4) is 0 Å². The standard InChI is InChI=1S/C15H20FNO3S/c1-3-17(11(2)10-15(19)20)14(18)8-9-21-13-7-5-4-6-12(13)16/h4-7,11H,3,8-10H2,1-2H3,(H,19,20). The summed E-state index contributed by atoms with van der Waals surface area (Å²) in [5, 5.41) is 8.78. The average Bonchev–Trinajstić information content (AvgIpc) is 2.41. The Bertz CT molecular complexity index is 496. The highest BCUT2D eigenvalue weighted by Crippen LogP contribution is 2.22. The van der Waals surface area contributed by atoms with Gasteiger partial charge in [0.25, 0.3) is 0 Å². The second-order valence-corrected chi connectivity index (χ2v) is 5.79. The molecule has 1 rings (SSSR count). The smallest absolute Gasteiger partial charge is 0.305 e. The molecule has 1 aromatic carbocycles. The summed E-state index contributed by atoms with van der Waals surface area (Å²) >= 11 is 1.29. The number of nitrogens with zero attached hydrogens (tertiary/aromatic N) is 1. The van der Waals surface area contributed by atoms with Crippen molar-refractivity contribution in [3.8, 4) is 0 Å². The molecular weight excluding hydrogens is 293 g/mol. The van der Waals surface area contributed by atoms with Crippen molar-refractivity contribution in [3.63, 3.8) is 0 Å². The molecule has 0 radical (unpaired) electrons. The first-order valence-corrected chi connectivity index (χ1v) is 7.82. The number of carbonyl (C=O) groups is 2. The van der Waals surface area contributed by atoms with Gasteiger partial charge >= 0.3 is 5.97 Å². The summed E-state index contributed by atoms with van der Waals surface area (Å²) in [7, 11) is 0. The van der Waals surface area contributed by atoms with Gasteiger partial charge in [0.2, 0.25) is 5.91 Å². The molecule has 6 heteroatoms. The van der Waals surface area contributed by atoms with E-state index < -0.39 is 5.97 Å². The number of hydrogen-bond donors (Lipinski definition) is 1. The van der Waals surface area contributed by atoms with Gasteiger partial charge in [0.15, 0.2) is 0 Å². The predicted molar refractivity (Wildman–Crippen MR) is 80.8 cm³/mol. The van der Waals surface area contributed by atoms with Crippen LogP contribution in [0.5, 0.6) is 0 Å². The molecule has 0 aliphatic carbocycles. The summed E-state index contributed by atoms with van der Waals surface area (Å²) in [4.78, 5) is 24.9. The molecule has 1 aromatic rings. The van der Waals surface area contributed by atoms with E-state index in [-0.39, 0.29) is 30.6 Å². The molecule has 0 bridgehead atoms. The maximum absolute atomic E-state index is 13.4. The highest BCUT2D eigenvalue weighted by molar-refractivity contribution is 7.99. The Kier molecular flexibility index (Phi) is 7.22. The van der Waals surface area contributed by atoms with E-state index in [1.807, 2.05) is 6.92 Å². The van der Waals surface area contributed by atoms with Crippen LogP contribution >= 0.6 is 11.8 Å². The van der Waals surface area contributed by atoms with Crippen LogP contribution in [-0.2, 0) is 9.59 Å². The van der Waals surface area contributed by atoms with Crippen molar-refractivity contribution in [2.75, 3.05) is 12.3 Å². The zero-order valence-electron chi connectivity index (χ0n) is 12.2. The van der Waals surface area contributed by atoms with Gasteiger partial charge < -0.3 is 10.0 Å². The maximum Gasteiger partial charge on any atom is 0.305 e. The van der Waals surface area contributed by atoms with Crippen molar-refractivity contribution >= 4 is 23.6 Å². The zero-order valence-corrected chi connectivity index (χ0v) is 13.0. The van der Waals surface area contributed by atoms with Gasteiger partial charge in [-0.1, -0.05) is 12.1 Å². The van der Waals surface area contributed by atoms with Gasteiger partial charge in [-0.15, -0.1) is 11.8 Å². The number of amides is 1. The molecule has 1 amide bonds. The average molecular weight is 313 g/mol. The second kappa shape index (κ2) is 8.67. The summed E-state index contributed by atoms with van der Waals surface area (Å²) in [5.74, 6) is -0.845. The van der Waals surface area contributed by atoms with Gasteiger partial charge in [-0.3, -0.25) is 9.59 Å². The Labute approximate surface area is 128 Å². The van der Waals surface area contributed by atoms with Crippen molar-refractivity contribution in [2.45, 2.75) is 37.6 Å². The minimum Gasteiger partial charge on any atom is -0.481 e. The van der Waals surface area contributed by atoms with E-state index in [9.17, 15) is 14.0 Å². The van der Waals surface area contributed by atoms with Crippen LogP contribution in [0.15, 0.2) is 29.2 Å². The molecule has 0 spiro atoms. The molecule has 0 saturated heterocycles. The number of carboxylic acid groups (broad SMARTS) is 1. The fraction of sp³-hybridized carbons (Fsp3) is 0.467. The van der Waals surface area contributed by atoms with Gasteiger partial charge in [-0.05, 0) is 26.0 Å². The van der Waals surface area contributed by atoms with Crippen molar-refractivity contribution in [3.05, 3.63) is 30.1 Å². The van der Waals surface area contributed by atoms with Gasteiger partial charge in [-0.25, -0.2) is 4.39 Å². The lowest BCUT2D eigenvalue weighted by molar-refractivity contribution is -0.140. The number of rotatable bonds is 8. The normalized spacial score (nSPS) is 12.0. The van der Waals surface area contributed by atoms with E-state index in [1.165, 1.54) is 17.8 Å². The van der Waals surface area contributed by atoms with Crippen molar-refractivity contribution < 1.29 is 19.1 Å². The molecule has 116 valence electrons. The number of carboxylic acids is 1. The number of benzene rings is 1. The van der Waals surface area contributed by atoms with Crippen LogP contribution in [0, 0.1) is 5.82 Å². The summed E-state index contributed by atoms with van der Waals surface area (Å²) < 4.78 is 13.4. The van der Waals surface area contributed by atoms with Crippen LogP contribution in [0.1, 0.15) is 26.7 Å². The van der Waals surface area contributed by atoms with E-state index in [1.54, 1.807) is 30.0 Å². The Morgan fingerprint density at radius 1 is 1.38 bits per heavy atom. The third-order valence-electron chi connectivity index (χ3n) is 3.07. The highest BCUT2D eigenvalue weighted by atomic mass is 32.2. The fourth-order valence-electron chi connectivity index (χ4n) is 2.05. The lowest BCUT2D eigenvalue weighted by Crippen LogP contribution is -2.39. The fourth-order valence-corrected chi connectivity index (χ4v) is 2.93.